The Kier molecular flexibility index (Phi) is 4.26. The van der Waals surface area contributed by atoms with Crippen molar-refractivity contribution in [3.63, 3.8) is 0 Å². The van der Waals surface area contributed by atoms with Crippen LogP contribution in [0.4, 0.5) is 0 Å². The number of rotatable bonds is 3. The van der Waals surface area contributed by atoms with E-state index in [1.54, 1.807) is 0 Å². The highest BCUT2D eigenvalue weighted by Crippen LogP contribution is 2.26. The van der Waals surface area contributed by atoms with Gasteiger partial charge in [0.05, 0.1) is 12.7 Å². The minimum atomic E-state index is 0.456. The molecule has 0 aromatic heterocycles. The summed E-state index contributed by atoms with van der Waals surface area (Å²) in [5.74, 6) is 1.30. The summed E-state index contributed by atoms with van der Waals surface area (Å²) in [6.45, 7) is 3.61. The third kappa shape index (κ3) is 3.01. The van der Waals surface area contributed by atoms with E-state index in [9.17, 15) is 0 Å². The van der Waals surface area contributed by atoms with Gasteiger partial charge in [-0.15, -0.1) is 0 Å². The van der Waals surface area contributed by atoms with E-state index in [-0.39, 0.29) is 0 Å². The van der Waals surface area contributed by atoms with Crippen LogP contribution < -0.4 is 5.73 Å². The van der Waals surface area contributed by atoms with Gasteiger partial charge in [-0.05, 0) is 18.6 Å². The zero-order chi connectivity index (χ0) is 8.10. The first kappa shape index (κ1) is 9.36. The number of hydrogen-bond acceptors (Lipinski definition) is 3. The Labute approximate surface area is 72.9 Å². The van der Waals surface area contributed by atoms with Gasteiger partial charge in [-0.1, -0.05) is 6.92 Å². The predicted octanol–water partition coefficient (Wildman–Crippen LogP) is 1.25. The van der Waals surface area contributed by atoms with E-state index in [2.05, 4.69) is 6.92 Å². The molecule has 0 aromatic carbocycles. The van der Waals surface area contributed by atoms with Crippen LogP contribution in [0.25, 0.3) is 0 Å². The van der Waals surface area contributed by atoms with Crippen LogP contribution in [0.1, 0.15) is 19.8 Å². The molecular formula is C8H17NOS. The molecule has 66 valence electrons. The average molecular weight is 175 g/mol. The van der Waals surface area contributed by atoms with Crippen LogP contribution in [0.2, 0.25) is 0 Å². The lowest BCUT2D eigenvalue weighted by atomic mass is 10.1. The maximum Gasteiger partial charge on any atom is 0.0691 e. The van der Waals surface area contributed by atoms with Crippen molar-refractivity contribution < 1.29 is 4.74 Å². The van der Waals surface area contributed by atoms with Crippen LogP contribution in [-0.4, -0.2) is 30.3 Å². The molecule has 0 bridgehead atoms. The van der Waals surface area contributed by atoms with Crippen LogP contribution in [0, 0.1) is 0 Å². The topological polar surface area (TPSA) is 35.2 Å². The fourth-order valence-electron chi connectivity index (χ4n) is 1.33. The van der Waals surface area contributed by atoms with Gasteiger partial charge < -0.3 is 10.5 Å². The van der Waals surface area contributed by atoms with Gasteiger partial charge in [0.25, 0.3) is 0 Å². The first-order valence-corrected chi connectivity index (χ1v) is 5.32. The van der Waals surface area contributed by atoms with E-state index in [1.807, 2.05) is 11.8 Å². The first-order valence-electron chi connectivity index (χ1n) is 4.28. The highest BCUT2D eigenvalue weighted by atomic mass is 32.2. The molecule has 1 fully saturated rings. The van der Waals surface area contributed by atoms with Crippen molar-refractivity contribution in [2.75, 3.05) is 18.9 Å². The zero-order valence-electron chi connectivity index (χ0n) is 7.08. The van der Waals surface area contributed by atoms with E-state index < -0.39 is 0 Å². The third-order valence-electron chi connectivity index (χ3n) is 1.99. The zero-order valence-corrected chi connectivity index (χ0v) is 7.90. The summed E-state index contributed by atoms with van der Waals surface area (Å²) in [6.07, 6.45) is 2.97. The van der Waals surface area contributed by atoms with Gasteiger partial charge in [-0.3, -0.25) is 0 Å². The van der Waals surface area contributed by atoms with E-state index in [1.165, 1.54) is 18.6 Å². The molecule has 1 saturated heterocycles. The van der Waals surface area contributed by atoms with Crippen molar-refractivity contribution in [3.05, 3.63) is 0 Å². The van der Waals surface area contributed by atoms with Gasteiger partial charge >= 0.3 is 0 Å². The second-order valence-electron chi connectivity index (χ2n) is 2.92. The monoisotopic (exact) mass is 175 g/mol. The van der Waals surface area contributed by atoms with E-state index >= 15 is 0 Å². The number of hydrogen-bond donors (Lipinski definition) is 1. The highest BCUT2D eigenvalue weighted by Gasteiger charge is 2.21. The van der Waals surface area contributed by atoms with Crippen molar-refractivity contribution in [1.82, 2.24) is 0 Å². The van der Waals surface area contributed by atoms with Crippen molar-refractivity contribution in [3.8, 4) is 0 Å². The molecule has 1 aliphatic heterocycles. The molecule has 11 heavy (non-hydrogen) atoms. The van der Waals surface area contributed by atoms with Crippen molar-refractivity contribution >= 4 is 11.8 Å². The second-order valence-corrected chi connectivity index (χ2v) is 4.40. The Morgan fingerprint density at radius 3 is 3.09 bits per heavy atom. The summed E-state index contributed by atoms with van der Waals surface area (Å²) >= 11 is 2.01. The molecule has 2 unspecified atom stereocenters. The van der Waals surface area contributed by atoms with Gasteiger partial charge in [0.15, 0.2) is 0 Å². The Morgan fingerprint density at radius 2 is 2.45 bits per heavy atom. The van der Waals surface area contributed by atoms with Gasteiger partial charge in [0, 0.05) is 11.8 Å². The molecule has 2 atom stereocenters. The maximum absolute atomic E-state index is 5.60. The smallest absolute Gasteiger partial charge is 0.0691 e. The van der Waals surface area contributed by atoms with Gasteiger partial charge in [0.2, 0.25) is 0 Å². The first-order chi connectivity index (χ1) is 5.34. The lowest BCUT2D eigenvalue weighted by Crippen LogP contribution is -2.30. The Balaban J connectivity index is 2.18. The molecule has 1 rings (SSSR count). The fraction of sp³-hybridized carbons (Fsp3) is 1.00. The summed E-state index contributed by atoms with van der Waals surface area (Å²) in [7, 11) is 0. The summed E-state index contributed by atoms with van der Waals surface area (Å²) in [6, 6.07) is 0. The summed E-state index contributed by atoms with van der Waals surface area (Å²) in [5.41, 5.74) is 5.36. The third-order valence-corrected chi connectivity index (χ3v) is 3.34. The van der Waals surface area contributed by atoms with Crippen molar-refractivity contribution in [2.45, 2.75) is 31.1 Å². The summed E-state index contributed by atoms with van der Waals surface area (Å²) in [5, 5.41) is 0.662. The standard InChI is InChI=1S/C8H17NOS/c1-7-8(10-5-4-9)3-2-6-11-7/h7-8H,2-6,9H2,1H3. The van der Waals surface area contributed by atoms with Crippen LogP contribution in [0.3, 0.4) is 0 Å². The van der Waals surface area contributed by atoms with Gasteiger partial charge in [-0.2, -0.15) is 11.8 Å². The quantitative estimate of drug-likeness (QED) is 0.701. The number of ether oxygens (including phenoxy) is 1. The lowest BCUT2D eigenvalue weighted by molar-refractivity contribution is 0.0516. The predicted molar refractivity (Wildman–Crippen MR) is 49.9 cm³/mol. The summed E-state index contributed by atoms with van der Waals surface area (Å²) in [4.78, 5) is 0. The molecule has 0 spiro atoms. The Bertz CT molecular complexity index is 110. The highest BCUT2D eigenvalue weighted by molar-refractivity contribution is 7.99. The maximum atomic E-state index is 5.60. The molecule has 0 saturated carbocycles. The van der Waals surface area contributed by atoms with Crippen LogP contribution >= 0.6 is 11.8 Å². The van der Waals surface area contributed by atoms with Crippen molar-refractivity contribution in [2.24, 2.45) is 5.73 Å². The van der Waals surface area contributed by atoms with E-state index in [0.29, 0.717) is 17.9 Å². The lowest BCUT2D eigenvalue weighted by Gasteiger charge is -2.28. The number of thioether (sulfide) groups is 1. The Hall–Kier alpha value is 0.270. The molecular weight excluding hydrogens is 158 g/mol. The van der Waals surface area contributed by atoms with Crippen LogP contribution in [0.15, 0.2) is 0 Å². The van der Waals surface area contributed by atoms with Crippen molar-refractivity contribution in [1.29, 1.82) is 0 Å². The largest absolute Gasteiger partial charge is 0.376 e. The molecule has 1 heterocycles. The molecule has 2 nitrogen and oxygen atoms in total. The molecule has 3 heteroatoms. The Morgan fingerprint density at radius 1 is 1.64 bits per heavy atom. The molecule has 0 radical (unpaired) electrons. The molecule has 0 aliphatic carbocycles. The fourth-order valence-corrected chi connectivity index (χ4v) is 2.47. The molecule has 2 N–H and O–H groups in total. The van der Waals surface area contributed by atoms with Crippen LogP contribution in [-0.2, 0) is 4.74 Å². The molecule has 1 aliphatic rings. The summed E-state index contributed by atoms with van der Waals surface area (Å²) < 4.78 is 5.60. The molecule has 0 aromatic rings. The molecule has 0 amide bonds. The van der Waals surface area contributed by atoms with Gasteiger partial charge in [-0.25, -0.2) is 0 Å². The van der Waals surface area contributed by atoms with E-state index in [4.69, 9.17) is 10.5 Å². The second kappa shape index (κ2) is 5.01. The van der Waals surface area contributed by atoms with Gasteiger partial charge in [0.1, 0.15) is 0 Å². The minimum absolute atomic E-state index is 0.456. The normalized spacial score (nSPS) is 32.2. The van der Waals surface area contributed by atoms with E-state index in [0.717, 1.165) is 6.61 Å². The average Bonchev–Trinajstić information content (AvgIpc) is 2.03. The number of nitrogens with two attached hydrogens (primary N) is 1. The van der Waals surface area contributed by atoms with Crippen LogP contribution in [0.5, 0.6) is 0 Å². The SMILES string of the molecule is CC1SCCCC1OCCN. The minimum Gasteiger partial charge on any atom is -0.376 e.